The smallest absolute Gasteiger partial charge is 0.326 e. The standard InChI is InChI=1S/C21H28N2O5/c1-14-9-20(2,3)13-21(10-14)18(25)23(19(26)22-21)11-17(24)28-12-15-6-5-7-16(8-15)27-4/h5-8,14H,9-13H2,1-4H3,(H,22,26). The Hall–Kier alpha value is -2.57. The van der Waals surface area contributed by atoms with Gasteiger partial charge in [-0.1, -0.05) is 32.9 Å². The van der Waals surface area contributed by atoms with Crippen molar-refractivity contribution in [2.45, 2.75) is 52.2 Å². The fraction of sp³-hybridized carbons (Fsp3) is 0.571. The summed E-state index contributed by atoms with van der Waals surface area (Å²) < 4.78 is 10.4. The van der Waals surface area contributed by atoms with Crippen LogP contribution in [0.4, 0.5) is 4.79 Å². The molecule has 0 aromatic heterocycles. The van der Waals surface area contributed by atoms with Crippen molar-refractivity contribution in [1.29, 1.82) is 0 Å². The van der Waals surface area contributed by atoms with Crippen molar-refractivity contribution in [3.8, 4) is 5.75 Å². The van der Waals surface area contributed by atoms with Gasteiger partial charge in [-0.2, -0.15) is 0 Å². The van der Waals surface area contributed by atoms with Gasteiger partial charge >= 0.3 is 12.0 Å². The Bertz CT molecular complexity index is 791. The molecule has 3 rings (SSSR count). The Morgan fingerprint density at radius 1 is 1.29 bits per heavy atom. The maximum atomic E-state index is 13.0. The first-order valence-electron chi connectivity index (χ1n) is 9.57. The van der Waals surface area contributed by atoms with Gasteiger partial charge in [-0.05, 0) is 48.3 Å². The van der Waals surface area contributed by atoms with Crippen LogP contribution in [0.2, 0.25) is 0 Å². The van der Waals surface area contributed by atoms with E-state index in [4.69, 9.17) is 9.47 Å². The molecule has 1 N–H and O–H groups in total. The van der Waals surface area contributed by atoms with Crippen LogP contribution in [-0.2, 0) is 20.9 Å². The lowest BCUT2D eigenvalue weighted by Crippen LogP contribution is -2.54. The number of amides is 3. The number of carbonyl (C=O) groups excluding carboxylic acids is 3. The number of methoxy groups -OCH3 is 1. The zero-order valence-corrected chi connectivity index (χ0v) is 16.9. The van der Waals surface area contributed by atoms with E-state index in [9.17, 15) is 14.4 Å². The summed E-state index contributed by atoms with van der Waals surface area (Å²) in [6, 6.07) is 6.65. The first kappa shape index (κ1) is 20.2. The molecule has 0 radical (unpaired) electrons. The number of benzene rings is 1. The third kappa shape index (κ3) is 4.13. The van der Waals surface area contributed by atoms with Gasteiger partial charge in [0.15, 0.2) is 0 Å². The molecule has 1 aliphatic carbocycles. The first-order valence-corrected chi connectivity index (χ1v) is 9.57. The molecule has 1 spiro atoms. The molecule has 1 saturated carbocycles. The molecule has 7 nitrogen and oxygen atoms in total. The Balaban J connectivity index is 1.63. The van der Waals surface area contributed by atoms with E-state index in [0.717, 1.165) is 16.9 Å². The minimum absolute atomic E-state index is 0.0505. The summed E-state index contributed by atoms with van der Waals surface area (Å²) in [7, 11) is 1.56. The number of carbonyl (C=O) groups is 3. The van der Waals surface area contributed by atoms with Gasteiger partial charge in [0.25, 0.3) is 5.91 Å². The van der Waals surface area contributed by atoms with Crippen LogP contribution in [0, 0.1) is 11.3 Å². The topological polar surface area (TPSA) is 84.9 Å². The SMILES string of the molecule is COc1cccc(COC(=O)CN2C(=O)NC3(CC(C)CC(C)(C)C3)C2=O)c1. The monoisotopic (exact) mass is 388 g/mol. The molecule has 2 fully saturated rings. The molecule has 28 heavy (non-hydrogen) atoms. The van der Waals surface area contributed by atoms with Crippen molar-refractivity contribution in [2.75, 3.05) is 13.7 Å². The first-order chi connectivity index (χ1) is 13.1. The van der Waals surface area contributed by atoms with Crippen LogP contribution in [0.25, 0.3) is 0 Å². The van der Waals surface area contributed by atoms with Crippen molar-refractivity contribution < 1.29 is 23.9 Å². The summed E-state index contributed by atoms with van der Waals surface area (Å²) in [6.45, 7) is 5.97. The zero-order chi connectivity index (χ0) is 20.5. The molecule has 2 unspecified atom stereocenters. The van der Waals surface area contributed by atoms with Crippen LogP contribution in [0.5, 0.6) is 5.75 Å². The van der Waals surface area contributed by atoms with Crippen LogP contribution >= 0.6 is 0 Å². The molecular formula is C21H28N2O5. The van der Waals surface area contributed by atoms with E-state index in [-0.39, 0.29) is 24.5 Å². The van der Waals surface area contributed by atoms with Gasteiger partial charge in [0.1, 0.15) is 24.4 Å². The third-order valence-corrected chi connectivity index (χ3v) is 5.45. The van der Waals surface area contributed by atoms with Crippen LogP contribution in [0.1, 0.15) is 45.6 Å². The summed E-state index contributed by atoms with van der Waals surface area (Å²) in [5, 5.41) is 2.86. The largest absolute Gasteiger partial charge is 0.497 e. The summed E-state index contributed by atoms with van der Waals surface area (Å²) in [5.74, 6) is 0.0357. The van der Waals surface area contributed by atoms with E-state index in [2.05, 4.69) is 26.1 Å². The van der Waals surface area contributed by atoms with Crippen molar-refractivity contribution >= 4 is 17.9 Å². The van der Waals surface area contributed by atoms with E-state index in [1.807, 2.05) is 6.07 Å². The summed E-state index contributed by atoms with van der Waals surface area (Å²) in [4.78, 5) is 38.7. The van der Waals surface area contributed by atoms with E-state index in [1.165, 1.54) is 0 Å². The fourth-order valence-corrected chi connectivity index (χ4v) is 4.75. The number of urea groups is 1. The number of rotatable bonds is 5. The molecule has 0 bridgehead atoms. The van der Waals surface area contributed by atoms with E-state index >= 15 is 0 Å². The van der Waals surface area contributed by atoms with Crippen molar-refractivity contribution in [1.82, 2.24) is 10.2 Å². The molecule has 1 saturated heterocycles. The number of nitrogens with one attached hydrogen (secondary N) is 1. The summed E-state index contributed by atoms with van der Waals surface area (Å²) in [6.07, 6.45) is 2.17. The van der Waals surface area contributed by atoms with Crippen LogP contribution in [0.15, 0.2) is 24.3 Å². The lowest BCUT2D eigenvalue weighted by molar-refractivity contribution is -0.149. The average molecular weight is 388 g/mol. The molecule has 152 valence electrons. The van der Waals surface area contributed by atoms with Crippen LogP contribution < -0.4 is 10.1 Å². The molecule has 1 aromatic carbocycles. The number of hydrogen-bond acceptors (Lipinski definition) is 5. The fourth-order valence-electron chi connectivity index (χ4n) is 4.75. The maximum absolute atomic E-state index is 13.0. The normalized spacial score (nSPS) is 26.3. The second-order valence-electron chi connectivity index (χ2n) is 8.77. The molecule has 2 atom stereocenters. The van der Waals surface area contributed by atoms with Crippen molar-refractivity contribution in [3.63, 3.8) is 0 Å². The Kier molecular flexibility index (Phi) is 5.37. The third-order valence-electron chi connectivity index (χ3n) is 5.45. The van der Waals surface area contributed by atoms with E-state index in [1.54, 1.807) is 25.3 Å². The predicted molar refractivity (Wildman–Crippen MR) is 103 cm³/mol. The highest BCUT2D eigenvalue weighted by atomic mass is 16.5. The number of imide groups is 1. The minimum atomic E-state index is -0.911. The lowest BCUT2D eigenvalue weighted by Gasteiger charge is -2.43. The highest BCUT2D eigenvalue weighted by Gasteiger charge is 2.56. The van der Waals surface area contributed by atoms with Gasteiger partial charge in [0.2, 0.25) is 0 Å². The molecule has 2 aliphatic rings. The van der Waals surface area contributed by atoms with Gasteiger partial charge in [0, 0.05) is 0 Å². The Morgan fingerprint density at radius 3 is 2.71 bits per heavy atom. The average Bonchev–Trinajstić information content (AvgIpc) is 2.81. The van der Waals surface area contributed by atoms with Gasteiger partial charge in [-0.25, -0.2) is 4.79 Å². The maximum Gasteiger partial charge on any atom is 0.326 e. The molecular weight excluding hydrogens is 360 g/mol. The highest BCUT2D eigenvalue weighted by molar-refractivity contribution is 6.08. The van der Waals surface area contributed by atoms with Gasteiger partial charge in [0.05, 0.1) is 7.11 Å². The summed E-state index contributed by atoms with van der Waals surface area (Å²) in [5.41, 5.74) is -0.196. The number of esters is 1. The molecule has 1 heterocycles. The molecule has 7 heteroatoms. The Morgan fingerprint density at radius 2 is 2.04 bits per heavy atom. The Labute approximate surface area is 165 Å². The molecule has 1 aromatic rings. The van der Waals surface area contributed by atoms with Gasteiger partial charge < -0.3 is 14.8 Å². The van der Waals surface area contributed by atoms with E-state index in [0.29, 0.717) is 24.5 Å². The number of ether oxygens (including phenoxy) is 2. The van der Waals surface area contributed by atoms with Crippen LogP contribution in [-0.4, -0.2) is 42.0 Å². The molecule has 3 amide bonds. The van der Waals surface area contributed by atoms with E-state index < -0.39 is 17.5 Å². The van der Waals surface area contributed by atoms with Crippen molar-refractivity contribution in [3.05, 3.63) is 29.8 Å². The minimum Gasteiger partial charge on any atom is -0.497 e. The highest BCUT2D eigenvalue weighted by Crippen LogP contribution is 2.46. The predicted octanol–water partition coefficient (Wildman–Crippen LogP) is 2.88. The molecule has 1 aliphatic heterocycles. The van der Waals surface area contributed by atoms with Gasteiger partial charge in [-0.3, -0.25) is 14.5 Å². The second kappa shape index (κ2) is 7.45. The quantitative estimate of drug-likeness (QED) is 0.619. The number of hydrogen-bond donors (Lipinski definition) is 1. The van der Waals surface area contributed by atoms with Gasteiger partial charge in [-0.15, -0.1) is 0 Å². The van der Waals surface area contributed by atoms with Crippen molar-refractivity contribution in [2.24, 2.45) is 11.3 Å². The summed E-state index contributed by atoms with van der Waals surface area (Å²) >= 11 is 0. The zero-order valence-electron chi connectivity index (χ0n) is 16.9. The lowest BCUT2D eigenvalue weighted by atomic mass is 9.64. The second-order valence-corrected chi connectivity index (χ2v) is 8.77. The number of nitrogens with zero attached hydrogens (tertiary/aromatic N) is 1. The van der Waals surface area contributed by atoms with Crippen LogP contribution in [0.3, 0.4) is 0 Å².